The number of aromatic amines is 1. The van der Waals surface area contributed by atoms with Crippen LogP contribution < -0.4 is 0 Å². The summed E-state index contributed by atoms with van der Waals surface area (Å²) < 4.78 is 32.3. The minimum atomic E-state index is -0.903. The number of nitrogens with zero attached hydrogens (tertiary/aromatic N) is 3. The van der Waals surface area contributed by atoms with Crippen molar-refractivity contribution >= 4 is 5.91 Å². The number of aryl methyl sites for hydroxylation is 1. The summed E-state index contributed by atoms with van der Waals surface area (Å²) in [7, 11) is 1.60. The zero-order valence-corrected chi connectivity index (χ0v) is 13.2. The number of amides is 1. The summed E-state index contributed by atoms with van der Waals surface area (Å²) in [5.74, 6) is -1.35. The number of aromatic nitrogens is 3. The Labute approximate surface area is 137 Å². The average Bonchev–Trinajstić information content (AvgIpc) is 3.24. The monoisotopic (exact) mass is 336 g/mol. The van der Waals surface area contributed by atoms with E-state index in [1.165, 1.54) is 18.5 Å². The Morgan fingerprint density at radius 1 is 1.46 bits per heavy atom. The number of rotatable bonds is 5. The molecule has 1 N–H and O–H groups in total. The number of benzene rings is 1. The topological polar surface area (TPSA) is 71.1 Å². The molecule has 128 valence electrons. The van der Waals surface area contributed by atoms with Gasteiger partial charge in [-0.15, -0.1) is 0 Å². The van der Waals surface area contributed by atoms with Crippen LogP contribution in [0.5, 0.6) is 0 Å². The van der Waals surface area contributed by atoms with Crippen LogP contribution in [0.1, 0.15) is 30.3 Å². The number of carbonyl (C=O) groups excluding carboxylic acids is 1. The lowest BCUT2D eigenvalue weighted by Gasteiger charge is -2.22. The number of halogens is 2. The molecule has 6 nitrogen and oxygen atoms in total. The number of hydrogen-bond acceptors (Lipinski definition) is 4. The Morgan fingerprint density at radius 3 is 3.00 bits per heavy atom. The summed E-state index contributed by atoms with van der Waals surface area (Å²) in [5, 5.41) is 6.60. The second kappa shape index (κ2) is 7.04. The molecule has 0 bridgehead atoms. The van der Waals surface area contributed by atoms with Gasteiger partial charge in [-0.3, -0.25) is 9.89 Å². The molecular weight excluding hydrogens is 318 g/mol. The van der Waals surface area contributed by atoms with Gasteiger partial charge in [0.1, 0.15) is 12.2 Å². The van der Waals surface area contributed by atoms with Gasteiger partial charge in [-0.2, -0.15) is 5.10 Å². The highest BCUT2D eigenvalue weighted by molar-refractivity contribution is 5.77. The molecule has 0 unspecified atom stereocenters. The van der Waals surface area contributed by atoms with Crippen LogP contribution in [0.25, 0.3) is 0 Å². The van der Waals surface area contributed by atoms with Crippen molar-refractivity contribution in [3.05, 3.63) is 47.5 Å². The molecule has 0 aliphatic carbocycles. The van der Waals surface area contributed by atoms with Crippen molar-refractivity contribution in [1.29, 1.82) is 0 Å². The highest BCUT2D eigenvalue weighted by atomic mass is 19.2. The number of methoxy groups -OCH3 is 1. The molecule has 2 atom stereocenters. The van der Waals surface area contributed by atoms with Crippen molar-refractivity contribution in [3.63, 3.8) is 0 Å². The summed E-state index contributed by atoms with van der Waals surface area (Å²) >= 11 is 0. The van der Waals surface area contributed by atoms with E-state index in [2.05, 4.69) is 15.2 Å². The summed E-state index contributed by atoms with van der Waals surface area (Å²) in [6, 6.07) is 3.74. The molecule has 2 aromatic rings. The number of nitrogens with one attached hydrogen (secondary N) is 1. The highest BCUT2D eigenvalue weighted by Gasteiger charge is 2.37. The number of hydrogen-bond donors (Lipinski definition) is 1. The fourth-order valence-electron chi connectivity index (χ4n) is 3.01. The highest BCUT2D eigenvalue weighted by Crippen LogP contribution is 2.32. The van der Waals surface area contributed by atoms with Gasteiger partial charge >= 0.3 is 0 Å². The minimum absolute atomic E-state index is 0.0848. The fourth-order valence-corrected chi connectivity index (χ4v) is 3.01. The largest absolute Gasteiger partial charge is 0.380 e. The first kappa shape index (κ1) is 16.5. The normalized spacial score (nSPS) is 20.5. The third kappa shape index (κ3) is 3.28. The summed E-state index contributed by atoms with van der Waals surface area (Å²) in [4.78, 5) is 18.4. The van der Waals surface area contributed by atoms with E-state index >= 15 is 0 Å². The van der Waals surface area contributed by atoms with Crippen molar-refractivity contribution in [3.8, 4) is 0 Å². The lowest BCUT2D eigenvalue weighted by molar-refractivity contribution is -0.132. The van der Waals surface area contributed by atoms with Crippen LogP contribution in [-0.2, 0) is 16.0 Å². The van der Waals surface area contributed by atoms with Crippen LogP contribution in [0, 0.1) is 11.6 Å². The number of carbonyl (C=O) groups is 1. The molecule has 2 heterocycles. The summed E-state index contributed by atoms with van der Waals surface area (Å²) in [5.41, 5.74) is 0.196. The fraction of sp³-hybridized carbons (Fsp3) is 0.438. The van der Waals surface area contributed by atoms with Crippen LogP contribution in [0.2, 0.25) is 0 Å². The van der Waals surface area contributed by atoms with E-state index in [9.17, 15) is 13.6 Å². The van der Waals surface area contributed by atoms with Crippen molar-refractivity contribution in [1.82, 2.24) is 20.1 Å². The maximum Gasteiger partial charge on any atom is 0.223 e. The standard InChI is InChI=1S/C16H18F2N4O2/c1-24-11-7-13(16-19-9-20-21-16)22(8-11)14(23)6-5-10-3-2-4-12(17)15(10)18/h2-4,9,11,13H,5-8H2,1H3,(H,19,20,21)/t11-,13+/m1/s1. The molecule has 1 aromatic heterocycles. The molecule has 0 spiro atoms. The van der Waals surface area contributed by atoms with Gasteiger partial charge in [0, 0.05) is 26.5 Å². The molecule has 8 heteroatoms. The molecule has 1 aliphatic heterocycles. The number of ether oxygens (including phenoxy) is 1. The maximum atomic E-state index is 13.7. The van der Waals surface area contributed by atoms with Gasteiger partial charge in [0.2, 0.25) is 5.91 Å². The Bertz CT molecular complexity index is 708. The maximum absolute atomic E-state index is 13.7. The van der Waals surface area contributed by atoms with E-state index in [1.807, 2.05) is 0 Å². The first-order valence-electron chi connectivity index (χ1n) is 7.70. The van der Waals surface area contributed by atoms with Crippen molar-refractivity contribution in [2.75, 3.05) is 13.7 Å². The van der Waals surface area contributed by atoms with Gasteiger partial charge in [-0.05, 0) is 18.1 Å². The number of likely N-dealkylation sites (tertiary alicyclic amines) is 1. The van der Waals surface area contributed by atoms with Gasteiger partial charge in [0.15, 0.2) is 11.6 Å². The van der Waals surface area contributed by atoms with Crippen LogP contribution in [0.15, 0.2) is 24.5 Å². The van der Waals surface area contributed by atoms with Crippen LogP contribution in [0.4, 0.5) is 8.78 Å². The molecular formula is C16H18F2N4O2. The van der Waals surface area contributed by atoms with Gasteiger partial charge < -0.3 is 9.64 Å². The smallest absolute Gasteiger partial charge is 0.223 e. The minimum Gasteiger partial charge on any atom is -0.380 e. The van der Waals surface area contributed by atoms with Crippen LogP contribution >= 0.6 is 0 Å². The average molecular weight is 336 g/mol. The molecule has 24 heavy (non-hydrogen) atoms. The Balaban J connectivity index is 1.69. The first-order chi connectivity index (χ1) is 11.6. The summed E-state index contributed by atoms with van der Waals surface area (Å²) in [6.07, 6.45) is 2.14. The van der Waals surface area contributed by atoms with Crippen molar-refractivity contribution in [2.24, 2.45) is 0 Å². The van der Waals surface area contributed by atoms with E-state index in [4.69, 9.17) is 4.74 Å². The van der Waals surface area contributed by atoms with Crippen LogP contribution in [0.3, 0.4) is 0 Å². The van der Waals surface area contributed by atoms with Gasteiger partial charge in [0.05, 0.1) is 12.1 Å². The Hall–Kier alpha value is -2.35. The first-order valence-corrected chi connectivity index (χ1v) is 7.70. The zero-order valence-electron chi connectivity index (χ0n) is 13.2. The molecule has 1 saturated heterocycles. The van der Waals surface area contributed by atoms with Crippen molar-refractivity contribution < 1.29 is 18.3 Å². The summed E-state index contributed by atoms with van der Waals surface area (Å²) in [6.45, 7) is 0.437. The molecule has 1 aliphatic rings. The third-order valence-electron chi connectivity index (χ3n) is 4.31. The third-order valence-corrected chi connectivity index (χ3v) is 4.31. The van der Waals surface area contributed by atoms with E-state index in [-0.39, 0.29) is 36.5 Å². The van der Waals surface area contributed by atoms with E-state index < -0.39 is 11.6 Å². The predicted octanol–water partition coefficient (Wildman–Crippen LogP) is 2.00. The lowest BCUT2D eigenvalue weighted by atomic mass is 10.1. The van der Waals surface area contributed by atoms with Gasteiger partial charge in [-0.25, -0.2) is 13.8 Å². The van der Waals surface area contributed by atoms with Crippen LogP contribution in [-0.4, -0.2) is 45.7 Å². The second-order valence-corrected chi connectivity index (χ2v) is 5.74. The van der Waals surface area contributed by atoms with Crippen molar-refractivity contribution in [2.45, 2.75) is 31.4 Å². The molecule has 3 rings (SSSR count). The number of H-pyrrole nitrogens is 1. The van der Waals surface area contributed by atoms with Gasteiger partial charge in [0.25, 0.3) is 0 Å². The molecule has 1 amide bonds. The predicted molar refractivity (Wildman–Crippen MR) is 80.9 cm³/mol. The second-order valence-electron chi connectivity index (χ2n) is 5.74. The van der Waals surface area contributed by atoms with E-state index in [0.717, 1.165) is 6.07 Å². The Morgan fingerprint density at radius 2 is 2.29 bits per heavy atom. The van der Waals surface area contributed by atoms with E-state index in [0.29, 0.717) is 18.8 Å². The molecule has 1 aromatic carbocycles. The molecule has 1 fully saturated rings. The molecule has 0 saturated carbocycles. The lowest BCUT2D eigenvalue weighted by Crippen LogP contribution is -2.32. The quantitative estimate of drug-likeness (QED) is 0.907. The SMILES string of the molecule is CO[C@@H]1C[C@@H](c2ncn[nH]2)N(C(=O)CCc2cccc(F)c2F)C1. The van der Waals surface area contributed by atoms with Gasteiger partial charge in [-0.1, -0.05) is 12.1 Å². The Kier molecular flexibility index (Phi) is 4.84. The zero-order chi connectivity index (χ0) is 17.1. The van der Waals surface area contributed by atoms with E-state index in [1.54, 1.807) is 12.0 Å². The molecule has 0 radical (unpaired) electrons.